The lowest BCUT2D eigenvalue weighted by Gasteiger charge is -2.28. The number of morpholine rings is 1. The molecule has 144 valence electrons. The molecule has 0 atom stereocenters. The fraction of sp³-hybridized carbons (Fsp3) is 0.263. The van der Waals surface area contributed by atoms with Gasteiger partial charge in [-0.1, -0.05) is 6.07 Å². The fourth-order valence-corrected chi connectivity index (χ4v) is 3.16. The molecule has 2 fully saturated rings. The van der Waals surface area contributed by atoms with Gasteiger partial charge in [0, 0.05) is 25.0 Å². The van der Waals surface area contributed by atoms with Crippen LogP contribution in [-0.4, -0.2) is 55.7 Å². The van der Waals surface area contributed by atoms with Crippen molar-refractivity contribution >= 4 is 34.9 Å². The van der Waals surface area contributed by atoms with Gasteiger partial charge in [-0.15, -0.1) is 0 Å². The number of ether oxygens (including phenoxy) is 1. The number of hydrogen-bond donors (Lipinski definition) is 2. The highest BCUT2D eigenvalue weighted by Crippen LogP contribution is 2.23. The highest BCUT2D eigenvalue weighted by Gasteiger charge is 2.30. The number of aromatic nitrogens is 1. The summed E-state index contributed by atoms with van der Waals surface area (Å²) in [7, 11) is 0. The quantitative estimate of drug-likeness (QED) is 0.772. The summed E-state index contributed by atoms with van der Waals surface area (Å²) in [5, 5.41) is 5.26. The van der Waals surface area contributed by atoms with Gasteiger partial charge >= 0.3 is 6.03 Å². The molecule has 0 bridgehead atoms. The Hall–Kier alpha value is -3.46. The molecule has 0 unspecified atom stereocenters. The molecular weight excluding hydrogens is 362 g/mol. The Morgan fingerprint density at radius 2 is 1.93 bits per heavy atom. The number of amides is 4. The normalized spacial score (nSPS) is 16.9. The van der Waals surface area contributed by atoms with Crippen LogP contribution in [0.5, 0.6) is 0 Å². The number of rotatable bonds is 4. The first-order chi connectivity index (χ1) is 13.6. The minimum Gasteiger partial charge on any atom is -0.378 e. The number of pyridine rings is 1. The van der Waals surface area contributed by atoms with Crippen LogP contribution in [0.4, 0.5) is 21.9 Å². The van der Waals surface area contributed by atoms with E-state index in [0.29, 0.717) is 30.2 Å². The number of anilines is 3. The first-order valence-corrected chi connectivity index (χ1v) is 8.92. The smallest absolute Gasteiger partial charge is 0.329 e. The molecule has 2 aliphatic rings. The maximum absolute atomic E-state index is 12.7. The van der Waals surface area contributed by atoms with Gasteiger partial charge in [-0.3, -0.25) is 14.6 Å². The van der Waals surface area contributed by atoms with Crippen LogP contribution in [0.25, 0.3) is 0 Å². The summed E-state index contributed by atoms with van der Waals surface area (Å²) in [5.74, 6) is -0.659. The molecule has 4 amide bonds. The van der Waals surface area contributed by atoms with Crippen LogP contribution in [0.3, 0.4) is 0 Å². The van der Waals surface area contributed by atoms with Crippen molar-refractivity contribution in [2.24, 2.45) is 0 Å². The van der Waals surface area contributed by atoms with Crippen LogP contribution >= 0.6 is 0 Å². The van der Waals surface area contributed by atoms with Gasteiger partial charge in [0.2, 0.25) is 0 Å². The molecule has 9 nitrogen and oxygen atoms in total. The van der Waals surface area contributed by atoms with Crippen LogP contribution in [0.15, 0.2) is 42.7 Å². The van der Waals surface area contributed by atoms with Crippen molar-refractivity contribution in [2.45, 2.75) is 0 Å². The lowest BCUT2D eigenvalue weighted by Crippen LogP contribution is -2.36. The van der Waals surface area contributed by atoms with Crippen molar-refractivity contribution in [3.05, 3.63) is 48.3 Å². The molecule has 0 spiro atoms. The number of carbonyl (C=O) groups is 3. The summed E-state index contributed by atoms with van der Waals surface area (Å²) in [6.45, 7) is 2.76. The van der Waals surface area contributed by atoms with Gasteiger partial charge in [0.15, 0.2) is 0 Å². The van der Waals surface area contributed by atoms with Gasteiger partial charge < -0.3 is 20.3 Å². The van der Waals surface area contributed by atoms with E-state index in [-0.39, 0.29) is 18.4 Å². The molecule has 0 radical (unpaired) electrons. The summed E-state index contributed by atoms with van der Waals surface area (Å²) in [5.41, 5.74) is 2.16. The molecule has 2 aromatic rings. The molecule has 0 aliphatic carbocycles. The molecule has 28 heavy (non-hydrogen) atoms. The topological polar surface area (TPSA) is 104 Å². The molecule has 4 rings (SSSR count). The number of carbonyl (C=O) groups excluding carboxylic acids is 3. The van der Waals surface area contributed by atoms with Crippen LogP contribution < -0.4 is 20.4 Å². The number of benzene rings is 1. The summed E-state index contributed by atoms with van der Waals surface area (Å²) >= 11 is 0. The Morgan fingerprint density at radius 3 is 2.68 bits per heavy atom. The third-order valence-electron chi connectivity index (χ3n) is 4.57. The fourth-order valence-electron chi connectivity index (χ4n) is 3.16. The molecule has 3 heterocycles. The monoisotopic (exact) mass is 381 g/mol. The molecule has 2 saturated heterocycles. The second kappa shape index (κ2) is 7.65. The van der Waals surface area contributed by atoms with Crippen molar-refractivity contribution < 1.29 is 19.1 Å². The Kier molecular flexibility index (Phi) is 4.90. The van der Waals surface area contributed by atoms with Crippen molar-refractivity contribution in [3.8, 4) is 0 Å². The van der Waals surface area contributed by atoms with E-state index in [1.54, 1.807) is 36.5 Å². The van der Waals surface area contributed by atoms with Crippen molar-refractivity contribution in [2.75, 3.05) is 48.0 Å². The minimum atomic E-state index is -0.476. The zero-order valence-corrected chi connectivity index (χ0v) is 15.1. The van der Waals surface area contributed by atoms with Crippen molar-refractivity contribution in [1.82, 2.24) is 10.3 Å². The van der Waals surface area contributed by atoms with Crippen molar-refractivity contribution in [1.29, 1.82) is 0 Å². The Bertz CT molecular complexity index is 910. The highest BCUT2D eigenvalue weighted by atomic mass is 16.5. The maximum Gasteiger partial charge on any atom is 0.329 e. The highest BCUT2D eigenvalue weighted by molar-refractivity contribution is 6.20. The van der Waals surface area contributed by atoms with Gasteiger partial charge in [0.25, 0.3) is 11.8 Å². The predicted octanol–water partition coefficient (Wildman–Crippen LogP) is 1.23. The van der Waals surface area contributed by atoms with E-state index in [9.17, 15) is 14.4 Å². The second-order valence-electron chi connectivity index (χ2n) is 6.42. The number of nitrogens with zero attached hydrogens (tertiary/aromatic N) is 3. The van der Waals surface area contributed by atoms with E-state index >= 15 is 0 Å². The number of urea groups is 1. The molecule has 1 aromatic carbocycles. The zero-order chi connectivity index (χ0) is 19.5. The van der Waals surface area contributed by atoms with Crippen LogP contribution in [0.1, 0.15) is 10.4 Å². The second-order valence-corrected chi connectivity index (χ2v) is 6.42. The minimum absolute atomic E-state index is 0.0323. The van der Waals surface area contributed by atoms with E-state index in [1.165, 1.54) is 6.20 Å². The zero-order valence-electron chi connectivity index (χ0n) is 15.1. The SMILES string of the molecule is O=C(Nc1cccc(N2C(=O)CNC2=O)c1)c1cncc(N2CCOCC2)c1. The summed E-state index contributed by atoms with van der Waals surface area (Å²) in [6, 6.07) is 7.90. The average molecular weight is 381 g/mol. The summed E-state index contributed by atoms with van der Waals surface area (Å²) in [6.07, 6.45) is 3.22. The third kappa shape index (κ3) is 3.65. The van der Waals surface area contributed by atoms with Gasteiger partial charge in [0.1, 0.15) is 0 Å². The molecule has 1 aromatic heterocycles. The largest absolute Gasteiger partial charge is 0.378 e. The Labute approximate surface area is 161 Å². The molecule has 9 heteroatoms. The summed E-state index contributed by atoms with van der Waals surface area (Å²) < 4.78 is 5.35. The molecular formula is C19H19N5O4. The van der Waals surface area contributed by atoms with E-state index in [4.69, 9.17) is 4.74 Å². The predicted molar refractivity (Wildman–Crippen MR) is 103 cm³/mol. The average Bonchev–Trinajstić information content (AvgIpc) is 3.07. The molecule has 2 aliphatic heterocycles. The van der Waals surface area contributed by atoms with Gasteiger partial charge in [-0.2, -0.15) is 0 Å². The standard InChI is InChI=1S/C19H19N5O4/c25-17-12-21-19(27)24(17)15-3-1-2-14(9-15)22-18(26)13-8-16(11-20-10-13)23-4-6-28-7-5-23/h1-3,8-11H,4-7,12H2,(H,21,27)(H,22,26). The van der Waals surface area contributed by atoms with E-state index in [0.717, 1.165) is 23.7 Å². The van der Waals surface area contributed by atoms with Crippen molar-refractivity contribution in [3.63, 3.8) is 0 Å². The van der Waals surface area contributed by atoms with E-state index in [2.05, 4.69) is 20.5 Å². The molecule has 2 N–H and O–H groups in total. The number of nitrogens with one attached hydrogen (secondary N) is 2. The van der Waals surface area contributed by atoms with Gasteiger partial charge in [-0.25, -0.2) is 9.69 Å². The number of imide groups is 1. The number of hydrogen-bond acceptors (Lipinski definition) is 6. The lowest BCUT2D eigenvalue weighted by atomic mass is 10.2. The van der Waals surface area contributed by atoms with Gasteiger partial charge in [-0.05, 0) is 24.3 Å². The first kappa shape index (κ1) is 17.9. The first-order valence-electron chi connectivity index (χ1n) is 8.92. The van der Waals surface area contributed by atoms with E-state index in [1.807, 2.05) is 0 Å². The third-order valence-corrected chi connectivity index (χ3v) is 4.57. The summed E-state index contributed by atoms with van der Waals surface area (Å²) in [4.78, 5) is 43.7. The Morgan fingerprint density at radius 1 is 1.11 bits per heavy atom. The van der Waals surface area contributed by atoms with Crippen LogP contribution in [0, 0.1) is 0 Å². The van der Waals surface area contributed by atoms with E-state index < -0.39 is 6.03 Å². The maximum atomic E-state index is 12.7. The van der Waals surface area contributed by atoms with Crippen LogP contribution in [-0.2, 0) is 9.53 Å². The Balaban J connectivity index is 1.50. The lowest BCUT2D eigenvalue weighted by molar-refractivity contribution is -0.115. The molecule has 0 saturated carbocycles. The van der Waals surface area contributed by atoms with Crippen LogP contribution in [0.2, 0.25) is 0 Å². The van der Waals surface area contributed by atoms with Gasteiger partial charge in [0.05, 0.1) is 42.9 Å².